The molecular formula is C25H28N2O5S. The number of carboxylic acids is 1. The van der Waals surface area contributed by atoms with Gasteiger partial charge in [0.2, 0.25) is 0 Å². The van der Waals surface area contributed by atoms with Gasteiger partial charge < -0.3 is 15.2 Å². The minimum absolute atomic E-state index is 0.122. The van der Waals surface area contributed by atoms with Crippen LogP contribution in [0.15, 0.2) is 59.5 Å². The van der Waals surface area contributed by atoms with Crippen LogP contribution in [0.1, 0.15) is 22.3 Å². The topological polar surface area (TPSA) is 95.9 Å². The van der Waals surface area contributed by atoms with Gasteiger partial charge in [-0.2, -0.15) is 0 Å². The van der Waals surface area contributed by atoms with Crippen LogP contribution < -0.4 is 14.4 Å². The van der Waals surface area contributed by atoms with Gasteiger partial charge in [-0.1, -0.05) is 29.8 Å². The van der Waals surface area contributed by atoms with E-state index in [9.17, 15) is 18.3 Å². The number of carboxylic acid groups (broad SMARTS) is 1. The van der Waals surface area contributed by atoms with E-state index < -0.39 is 22.5 Å². The van der Waals surface area contributed by atoms with Crippen LogP contribution in [0, 0.1) is 27.7 Å². The molecule has 0 bridgehead atoms. The molecular weight excluding hydrogens is 440 g/mol. The molecule has 0 radical (unpaired) electrons. The lowest BCUT2D eigenvalue weighted by Gasteiger charge is -2.26. The van der Waals surface area contributed by atoms with Crippen molar-refractivity contribution < 1.29 is 23.1 Å². The summed E-state index contributed by atoms with van der Waals surface area (Å²) < 4.78 is 33.6. The van der Waals surface area contributed by atoms with E-state index in [1.807, 2.05) is 38.1 Å². The number of rotatable bonds is 8. The van der Waals surface area contributed by atoms with E-state index in [2.05, 4.69) is 5.32 Å². The van der Waals surface area contributed by atoms with Crippen molar-refractivity contribution in [2.75, 3.05) is 23.3 Å². The molecule has 0 saturated carbocycles. The fraction of sp³-hybridized carbons (Fsp3) is 0.240. The minimum atomic E-state index is -4.14. The van der Waals surface area contributed by atoms with E-state index in [1.54, 1.807) is 51.3 Å². The first kappa shape index (κ1) is 24.1. The van der Waals surface area contributed by atoms with Crippen molar-refractivity contribution in [2.45, 2.75) is 32.6 Å². The summed E-state index contributed by atoms with van der Waals surface area (Å²) in [7, 11) is -2.56. The molecule has 0 amide bonds. The Balaban J connectivity index is 2.10. The van der Waals surface area contributed by atoms with Crippen LogP contribution in [0.4, 0.5) is 17.1 Å². The molecule has 174 valence electrons. The SMILES string of the molecule is COc1cccc(Nc2cc(N(CC(=O)O)S(=O)(=O)c3c(C)cc(C)cc3C)ccc2C)c1. The van der Waals surface area contributed by atoms with E-state index in [0.29, 0.717) is 22.6 Å². The van der Waals surface area contributed by atoms with Crippen LogP contribution >= 0.6 is 0 Å². The molecule has 8 heteroatoms. The molecule has 0 atom stereocenters. The second-order valence-electron chi connectivity index (χ2n) is 7.99. The molecule has 0 aromatic heterocycles. The van der Waals surface area contributed by atoms with Crippen LogP contribution in [-0.4, -0.2) is 33.1 Å². The molecule has 3 aromatic rings. The third-order valence-electron chi connectivity index (χ3n) is 5.29. The lowest BCUT2D eigenvalue weighted by atomic mass is 10.1. The number of benzene rings is 3. The molecule has 33 heavy (non-hydrogen) atoms. The first-order valence-corrected chi connectivity index (χ1v) is 11.8. The van der Waals surface area contributed by atoms with Crippen LogP contribution in [0.5, 0.6) is 5.75 Å². The molecule has 0 fully saturated rings. The van der Waals surface area contributed by atoms with Gasteiger partial charge in [0.05, 0.1) is 17.7 Å². The zero-order chi connectivity index (χ0) is 24.3. The average molecular weight is 469 g/mol. The average Bonchev–Trinajstić information content (AvgIpc) is 2.72. The first-order valence-electron chi connectivity index (χ1n) is 10.4. The summed E-state index contributed by atoms with van der Waals surface area (Å²) in [4.78, 5) is 11.8. The number of aryl methyl sites for hydroxylation is 4. The van der Waals surface area contributed by atoms with Gasteiger partial charge >= 0.3 is 5.97 Å². The van der Waals surface area contributed by atoms with Crippen LogP contribution in [0.3, 0.4) is 0 Å². The molecule has 0 heterocycles. The quantitative estimate of drug-likeness (QED) is 0.486. The number of sulfonamides is 1. The molecule has 0 spiro atoms. The fourth-order valence-corrected chi connectivity index (χ4v) is 5.70. The Hall–Kier alpha value is -3.52. The maximum Gasteiger partial charge on any atom is 0.324 e. The van der Waals surface area contributed by atoms with E-state index in [4.69, 9.17) is 4.74 Å². The number of hydrogen-bond donors (Lipinski definition) is 2. The summed E-state index contributed by atoms with van der Waals surface area (Å²) in [6.07, 6.45) is 0. The van der Waals surface area contributed by atoms with Gasteiger partial charge in [0, 0.05) is 17.4 Å². The van der Waals surface area contributed by atoms with Crippen LogP contribution in [0.25, 0.3) is 0 Å². The predicted octanol–water partition coefficient (Wildman–Crippen LogP) is 4.95. The van der Waals surface area contributed by atoms with E-state index in [1.165, 1.54) is 0 Å². The highest BCUT2D eigenvalue weighted by Crippen LogP contribution is 2.32. The molecule has 7 nitrogen and oxygen atoms in total. The van der Waals surface area contributed by atoms with Gasteiger partial charge in [-0.25, -0.2) is 8.42 Å². The zero-order valence-electron chi connectivity index (χ0n) is 19.3. The smallest absolute Gasteiger partial charge is 0.324 e. The maximum absolute atomic E-state index is 13.7. The number of aliphatic carboxylic acids is 1. The van der Waals surface area contributed by atoms with Gasteiger partial charge in [0.1, 0.15) is 12.3 Å². The molecule has 3 rings (SSSR count). The van der Waals surface area contributed by atoms with Crippen molar-refractivity contribution in [3.05, 3.63) is 76.9 Å². The first-order chi connectivity index (χ1) is 15.5. The monoisotopic (exact) mass is 468 g/mol. The molecule has 0 aliphatic heterocycles. The van der Waals surface area contributed by atoms with Crippen molar-refractivity contribution in [1.29, 1.82) is 0 Å². The molecule has 0 saturated heterocycles. The maximum atomic E-state index is 13.7. The van der Waals surface area contributed by atoms with Crippen molar-refractivity contribution in [2.24, 2.45) is 0 Å². The molecule has 0 aliphatic carbocycles. The Morgan fingerprint density at radius 1 is 0.970 bits per heavy atom. The standard InChI is InChI=1S/C25H28N2O5S/c1-16-11-18(3)25(19(4)12-16)33(30,31)27(15-24(28)29)21-10-9-17(2)23(14-21)26-20-7-6-8-22(13-20)32-5/h6-14,26H,15H2,1-5H3,(H,28,29). The third-order valence-corrected chi connectivity index (χ3v) is 7.37. The van der Waals surface area contributed by atoms with Crippen molar-refractivity contribution in [3.8, 4) is 5.75 Å². The van der Waals surface area contributed by atoms with Gasteiger partial charge in [-0.05, 0) is 68.7 Å². The van der Waals surface area contributed by atoms with Gasteiger partial charge in [-0.15, -0.1) is 0 Å². The number of nitrogens with one attached hydrogen (secondary N) is 1. The highest BCUT2D eigenvalue weighted by atomic mass is 32.2. The van der Waals surface area contributed by atoms with Crippen molar-refractivity contribution in [3.63, 3.8) is 0 Å². The lowest BCUT2D eigenvalue weighted by molar-refractivity contribution is -0.135. The summed E-state index contributed by atoms with van der Waals surface area (Å²) in [5.74, 6) is -0.571. The van der Waals surface area contributed by atoms with Crippen molar-refractivity contribution in [1.82, 2.24) is 0 Å². The zero-order valence-corrected chi connectivity index (χ0v) is 20.2. The molecule has 2 N–H and O–H groups in total. The Bertz CT molecular complexity index is 1280. The number of hydrogen-bond acceptors (Lipinski definition) is 5. The summed E-state index contributed by atoms with van der Waals surface area (Å²) in [5.41, 5.74) is 4.63. The van der Waals surface area contributed by atoms with E-state index in [-0.39, 0.29) is 10.6 Å². The Labute approximate surface area is 194 Å². The molecule has 3 aromatic carbocycles. The second kappa shape index (κ2) is 9.54. The van der Waals surface area contributed by atoms with Gasteiger partial charge in [0.15, 0.2) is 0 Å². The minimum Gasteiger partial charge on any atom is -0.497 e. The van der Waals surface area contributed by atoms with E-state index in [0.717, 1.165) is 21.1 Å². The molecule has 0 unspecified atom stereocenters. The number of carbonyl (C=O) groups is 1. The number of methoxy groups -OCH3 is 1. The van der Waals surface area contributed by atoms with Gasteiger partial charge in [-0.3, -0.25) is 9.10 Å². The highest BCUT2D eigenvalue weighted by molar-refractivity contribution is 7.93. The lowest BCUT2D eigenvalue weighted by Crippen LogP contribution is -2.36. The van der Waals surface area contributed by atoms with Crippen molar-refractivity contribution >= 4 is 33.1 Å². The summed E-state index contributed by atoms with van der Waals surface area (Å²) in [6.45, 7) is 6.52. The predicted molar refractivity (Wildman–Crippen MR) is 130 cm³/mol. The number of anilines is 3. The van der Waals surface area contributed by atoms with Crippen LogP contribution in [0.2, 0.25) is 0 Å². The number of ether oxygens (including phenoxy) is 1. The summed E-state index contributed by atoms with van der Waals surface area (Å²) in [5, 5.41) is 12.8. The third kappa shape index (κ3) is 5.28. The van der Waals surface area contributed by atoms with Crippen LogP contribution in [-0.2, 0) is 14.8 Å². The molecule has 0 aliphatic rings. The highest BCUT2D eigenvalue weighted by Gasteiger charge is 2.30. The Morgan fingerprint density at radius 2 is 1.64 bits per heavy atom. The summed E-state index contributed by atoms with van der Waals surface area (Å²) >= 11 is 0. The fourth-order valence-electron chi connectivity index (χ4n) is 3.88. The normalized spacial score (nSPS) is 11.2. The Kier molecular flexibility index (Phi) is 6.98. The second-order valence-corrected chi connectivity index (χ2v) is 9.79. The Morgan fingerprint density at radius 3 is 2.24 bits per heavy atom. The largest absolute Gasteiger partial charge is 0.497 e. The van der Waals surface area contributed by atoms with E-state index >= 15 is 0 Å². The number of nitrogens with zero attached hydrogens (tertiary/aromatic N) is 1. The summed E-state index contributed by atoms with van der Waals surface area (Å²) in [6, 6.07) is 15.9. The van der Waals surface area contributed by atoms with Gasteiger partial charge in [0.25, 0.3) is 10.0 Å².